The quantitative estimate of drug-likeness (QED) is 0.231. The molecular weight excluding hydrogens is 493 g/mol. The second kappa shape index (κ2) is 10.5. The second-order valence-electron chi connectivity index (χ2n) is 9.09. The summed E-state index contributed by atoms with van der Waals surface area (Å²) in [6.07, 6.45) is -1.04. The third-order valence-corrected chi connectivity index (χ3v) is 7.61. The Morgan fingerprint density at radius 3 is 2.75 bits per heavy atom. The van der Waals surface area contributed by atoms with Crippen molar-refractivity contribution in [3.05, 3.63) is 35.4 Å². The molecule has 0 spiro atoms. The summed E-state index contributed by atoms with van der Waals surface area (Å²) < 4.78 is 34.0. The monoisotopic (exact) mass is 521 g/mol. The number of halogens is 2. The van der Waals surface area contributed by atoms with Gasteiger partial charge in [-0.1, -0.05) is 30.0 Å². The summed E-state index contributed by atoms with van der Waals surface area (Å²) in [5.41, 5.74) is 1.53. The molecule has 0 radical (unpaired) electrons. The lowest BCUT2D eigenvalue weighted by atomic mass is 10.1. The molecule has 0 aliphatic heterocycles. The van der Waals surface area contributed by atoms with Gasteiger partial charge in [0.25, 0.3) is 0 Å². The van der Waals surface area contributed by atoms with E-state index in [0.29, 0.717) is 27.7 Å². The van der Waals surface area contributed by atoms with Crippen LogP contribution in [0.25, 0.3) is 11.2 Å². The summed E-state index contributed by atoms with van der Waals surface area (Å²) in [4.78, 5) is 9.27. The third kappa shape index (κ3) is 4.90. The van der Waals surface area contributed by atoms with Crippen LogP contribution in [-0.2, 0) is 4.74 Å². The Labute approximate surface area is 210 Å². The standard InChI is InChI=1S/C23H28F2N6O4S/c1-2-7-36-23-27-21(26-15-9-12(15)11-3-4-13(24)14(25)8-11)18-22(28-23)31(30-29-18)16-10-17(35-6-5-32)20(34)19(16)33/h3-4,8,12,15-17,19-20,32-34H,2,5-7,9-10H2,1H3,(H,26,27,28)/t12?,15?,16-,17+,19+,20-/m1/s1/i24-1. The number of anilines is 1. The van der Waals surface area contributed by atoms with Crippen LogP contribution in [0.2, 0.25) is 0 Å². The number of aromatic nitrogens is 5. The number of fused-ring (bicyclic) bond motifs is 1. The normalized spacial score (nSPS) is 27.6. The Kier molecular flexibility index (Phi) is 7.35. The van der Waals surface area contributed by atoms with Crippen molar-refractivity contribution in [3.63, 3.8) is 0 Å². The number of nitrogens with zero attached hydrogens (tertiary/aromatic N) is 5. The minimum absolute atomic E-state index is 0.00291. The van der Waals surface area contributed by atoms with Crippen molar-refractivity contribution in [2.45, 2.75) is 67.7 Å². The van der Waals surface area contributed by atoms with E-state index in [1.807, 2.05) is 0 Å². The van der Waals surface area contributed by atoms with Crippen molar-refractivity contribution < 1.29 is 28.8 Å². The van der Waals surface area contributed by atoms with E-state index in [-0.39, 0.29) is 31.6 Å². The number of hydrogen-bond acceptors (Lipinski definition) is 10. The Morgan fingerprint density at radius 2 is 2.00 bits per heavy atom. The maximum atomic E-state index is 13.7. The van der Waals surface area contributed by atoms with Crippen LogP contribution in [0.5, 0.6) is 0 Å². The van der Waals surface area contributed by atoms with Gasteiger partial charge in [-0.15, -0.1) is 5.10 Å². The second-order valence-corrected chi connectivity index (χ2v) is 10.2. The van der Waals surface area contributed by atoms with E-state index in [9.17, 15) is 19.0 Å². The largest absolute Gasteiger partial charge is 0.394 e. The zero-order valence-corrected chi connectivity index (χ0v) is 20.4. The molecule has 2 aromatic heterocycles. The summed E-state index contributed by atoms with van der Waals surface area (Å²) in [7, 11) is 0. The molecule has 2 heterocycles. The molecule has 2 unspecified atom stereocenters. The first-order chi connectivity index (χ1) is 17.4. The van der Waals surface area contributed by atoms with E-state index >= 15 is 0 Å². The van der Waals surface area contributed by atoms with E-state index in [4.69, 9.17) is 9.84 Å². The molecule has 2 aliphatic rings. The molecule has 36 heavy (non-hydrogen) atoms. The molecule has 2 fully saturated rings. The molecule has 13 heteroatoms. The van der Waals surface area contributed by atoms with Crippen molar-refractivity contribution >= 4 is 28.7 Å². The Morgan fingerprint density at radius 1 is 1.17 bits per heavy atom. The van der Waals surface area contributed by atoms with Crippen LogP contribution in [0.3, 0.4) is 0 Å². The van der Waals surface area contributed by atoms with Gasteiger partial charge in [-0.05, 0) is 30.5 Å². The number of aliphatic hydroxyl groups excluding tert-OH is 3. The molecule has 6 atom stereocenters. The Hall–Kier alpha value is -2.45. The zero-order valence-electron chi connectivity index (χ0n) is 19.6. The highest BCUT2D eigenvalue weighted by Crippen LogP contribution is 2.44. The van der Waals surface area contributed by atoms with Gasteiger partial charge in [0.05, 0.1) is 25.4 Å². The van der Waals surface area contributed by atoms with E-state index in [1.165, 1.54) is 22.5 Å². The number of benzene rings is 1. The number of ether oxygens (including phenoxy) is 1. The van der Waals surface area contributed by atoms with Crippen molar-refractivity contribution in [3.8, 4) is 0 Å². The molecule has 1 aromatic carbocycles. The highest BCUT2D eigenvalue weighted by molar-refractivity contribution is 7.99. The van der Waals surface area contributed by atoms with Gasteiger partial charge in [0.15, 0.2) is 33.8 Å². The number of hydrogen-bond donors (Lipinski definition) is 4. The fraction of sp³-hybridized carbons (Fsp3) is 0.565. The van der Waals surface area contributed by atoms with Gasteiger partial charge in [0.1, 0.15) is 12.2 Å². The summed E-state index contributed by atoms with van der Waals surface area (Å²) in [6, 6.07) is 3.26. The highest BCUT2D eigenvalue weighted by Gasteiger charge is 2.45. The van der Waals surface area contributed by atoms with Gasteiger partial charge in [-0.3, -0.25) is 0 Å². The van der Waals surface area contributed by atoms with Crippen molar-refractivity contribution in [1.29, 1.82) is 0 Å². The van der Waals surface area contributed by atoms with E-state index in [0.717, 1.165) is 24.7 Å². The van der Waals surface area contributed by atoms with Gasteiger partial charge in [-0.25, -0.2) is 23.4 Å². The molecule has 3 aromatic rings. The SMILES string of the molecule is CCCSc1nc(NC2CC2c2ccc([18F])c(F)c2)c2nnn([C@@H]3C[C@H](OCCO)[C@@H](O)[C@H]3O)c2n1. The smallest absolute Gasteiger partial charge is 0.191 e. The number of thioether (sulfide) groups is 1. The molecule has 2 saturated carbocycles. The van der Waals surface area contributed by atoms with Crippen LogP contribution in [-0.4, -0.2) is 83.6 Å². The molecule has 2 aliphatic carbocycles. The fourth-order valence-electron chi connectivity index (χ4n) is 4.61. The molecule has 0 saturated heterocycles. The van der Waals surface area contributed by atoms with Crippen LogP contribution >= 0.6 is 11.8 Å². The van der Waals surface area contributed by atoms with Crippen LogP contribution in [0.4, 0.5) is 14.6 Å². The molecular formula is C23H28F2N6O4S. The average Bonchev–Trinajstić information content (AvgIpc) is 3.41. The average molecular weight is 522 g/mol. The lowest BCUT2D eigenvalue weighted by molar-refractivity contribution is -0.0629. The van der Waals surface area contributed by atoms with Gasteiger partial charge in [-0.2, -0.15) is 0 Å². The molecule has 10 nitrogen and oxygen atoms in total. The van der Waals surface area contributed by atoms with Crippen LogP contribution in [0, 0.1) is 11.6 Å². The highest BCUT2D eigenvalue weighted by atomic mass is 32.2. The van der Waals surface area contributed by atoms with E-state index in [1.54, 1.807) is 6.07 Å². The topological polar surface area (TPSA) is 138 Å². The maximum absolute atomic E-state index is 13.7. The first-order valence-electron chi connectivity index (χ1n) is 12.0. The summed E-state index contributed by atoms with van der Waals surface area (Å²) in [5.74, 6) is -0.472. The van der Waals surface area contributed by atoms with Gasteiger partial charge in [0, 0.05) is 24.1 Å². The van der Waals surface area contributed by atoms with Gasteiger partial charge >= 0.3 is 0 Å². The van der Waals surface area contributed by atoms with E-state index < -0.39 is 36.0 Å². The summed E-state index contributed by atoms with van der Waals surface area (Å²) >= 11 is 1.48. The van der Waals surface area contributed by atoms with Gasteiger partial charge < -0.3 is 25.4 Å². The minimum atomic E-state index is -1.15. The van der Waals surface area contributed by atoms with E-state index in [2.05, 4.69) is 32.5 Å². The Balaban J connectivity index is 1.43. The molecule has 4 N–H and O–H groups in total. The van der Waals surface area contributed by atoms with Crippen molar-refractivity contribution in [2.75, 3.05) is 24.3 Å². The summed E-state index contributed by atoms with van der Waals surface area (Å²) in [6.45, 7) is 1.91. The lowest BCUT2D eigenvalue weighted by Gasteiger charge is -2.17. The minimum Gasteiger partial charge on any atom is -0.394 e. The number of rotatable bonds is 10. The third-order valence-electron chi connectivity index (χ3n) is 6.56. The number of aliphatic hydroxyl groups is 3. The molecule has 5 rings (SSSR count). The van der Waals surface area contributed by atoms with Crippen LogP contribution < -0.4 is 5.32 Å². The first-order valence-corrected chi connectivity index (χ1v) is 13.0. The maximum Gasteiger partial charge on any atom is 0.191 e. The van der Waals surface area contributed by atoms with Crippen molar-refractivity contribution in [2.24, 2.45) is 0 Å². The lowest BCUT2D eigenvalue weighted by Crippen LogP contribution is -2.33. The summed E-state index contributed by atoms with van der Waals surface area (Å²) in [5, 5.41) is 42.5. The Bertz CT molecular complexity index is 1230. The van der Waals surface area contributed by atoms with Crippen LogP contribution in [0.1, 0.15) is 43.7 Å². The molecule has 194 valence electrons. The van der Waals surface area contributed by atoms with Gasteiger partial charge in [0.2, 0.25) is 0 Å². The van der Waals surface area contributed by atoms with Crippen molar-refractivity contribution in [1.82, 2.24) is 25.0 Å². The first kappa shape index (κ1) is 25.2. The molecule has 0 bridgehead atoms. The molecule has 0 amide bonds. The van der Waals surface area contributed by atoms with Crippen LogP contribution in [0.15, 0.2) is 23.4 Å². The zero-order chi connectivity index (χ0) is 25.4. The fourth-order valence-corrected chi connectivity index (χ4v) is 5.31. The predicted molar refractivity (Wildman–Crippen MR) is 128 cm³/mol. The number of nitrogens with one attached hydrogen (secondary N) is 1. The predicted octanol–water partition coefficient (Wildman–Crippen LogP) is 2.01.